The summed E-state index contributed by atoms with van der Waals surface area (Å²) in [5, 5.41) is 0. The number of H-pyrrole nitrogens is 1. The van der Waals surface area contributed by atoms with Gasteiger partial charge in [0.1, 0.15) is 0 Å². The van der Waals surface area contributed by atoms with Crippen molar-refractivity contribution in [3.05, 3.63) is 22.6 Å². The zero-order chi connectivity index (χ0) is 11.0. The first-order valence-electron chi connectivity index (χ1n) is 4.41. The maximum absolute atomic E-state index is 12.3. The predicted molar refractivity (Wildman–Crippen MR) is 55.7 cm³/mol. The average Bonchev–Trinajstić information content (AvgIpc) is 2.41. The molecule has 0 fully saturated rings. The second-order valence-electron chi connectivity index (χ2n) is 3.32. The number of aromatic nitrogens is 3. The molecule has 0 spiro atoms. The van der Waals surface area contributed by atoms with Crippen LogP contribution in [0.4, 0.5) is 8.78 Å². The summed E-state index contributed by atoms with van der Waals surface area (Å²) in [6, 6.07) is 1.83. The standard InChI is InChI=1S/C9H9F2N3S/c1-5-2-6-8(12-3-5)14(4-7(10)11)9(15)13-6/h2-3,7H,4H2,1H3,(H,13,15). The summed E-state index contributed by atoms with van der Waals surface area (Å²) in [5.74, 6) is 0. The van der Waals surface area contributed by atoms with Gasteiger partial charge in [-0.15, -0.1) is 0 Å². The van der Waals surface area contributed by atoms with Crippen molar-refractivity contribution < 1.29 is 8.78 Å². The largest absolute Gasteiger partial charge is 0.329 e. The van der Waals surface area contributed by atoms with Crippen molar-refractivity contribution in [1.29, 1.82) is 0 Å². The molecule has 0 saturated heterocycles. The summed E-state index contributed by atoms with van der Waals surface area (Å²) in [7, 11) is 0. The lowest BCUT2D eigenvalue weighted by atomic mass is 10.3. The molecule has 0 aliphatic carbocycles. The molecule has 80 valence electrons. The van der Waals surface area contributed by atoms with Crippen molar-refractivity contribution in [2.45, 2.75) is 19.9 Å². The highest BCUT2D eigenvalue weighted by Gasteiger charge is 2.10. The lowest BCUT2D eigenvalue weighted by molar-refractivity contribution is 0.127. The van der Waals surface area contributed by atoms with Gasteiger partial charge in [-0.2, -0.15) is 0 Å². The van der Waals surface area contributed by atoms with E-state index in [4.69, 9.17) is 12.2 Å². The fourth-order valence-electron chi connectivity index (χ4n) is 1.46. The normalized spacial score (nSPS) is 11.5. The lowest BCUT2D eigenvalue weighted by Crippen LogP contribution is -2.07. The second kappa shape index (κ2) is 3.69. The Bertz CT molecular complexity index is 544. The number of aryl methyl sites for hydroxylation is 1. The Morgan fingerprint density at radius 3 is 3.00 bits per heavy atom. The van der Waals surface area contributed by atoms with Crippen LogP contribution >= 0.6 is 12.2 Å². The first-order chi connectivity index (χ1) is 7.08. The molecule has 0 saturated carbocycles. The van der Waals surface area contributed by atoms with Gasteiger partial charge in [-0.05, 0) is 30.8 Å². The summed E-state index contributed by atoms with van der Waals surface area (Å²) in [5.41, 5.74) is 2.13. The van der Waals surface area contributed by atoms with Gasteiger partial charge in [-0.25, -0.2) is 13.8 Å². The molecule has 0 amide bonds. The molecule has 3 nitrogen and oxygen atoms in total. The molecule has 0 bridgehead atoms. The SMILES string of the molecule is Cc1cnc2c(c1)[nH]c(=S)n2CC(F)F. The van der Waals surface area contributed by atoms with Crippen LogP contribution in [0.5, 0.6) is 0 Å². The summed E-state index contributed by atoms with van der Waals surface area (Å²) in [6.45, 7) is 1.46. The van der Waals surface area contributed by atoms with Gasteiger partial charge < -0.3 is 4.98 Å². The number of nitrogens with zero attached hydrogens (tertiary/aromatic N) is 2. The van der Waals surface area contributed by atoms with Crippen LogP contribution < -0.4 is 0 Å². The van der Waals surface area contributed by atoms with E-state index in [1.807, 2.05) is 13.0 Å². The Kier molecular flexibility index (Phi) is 2.52. The van der Waals surface area contributed by atoms with Gasteiger partial charge in [0.25, 0.3) is 6.43 Å². The molecule has 0 radical (unpaired) electrons. The summed E-state index contributed by atoms with van der Waals surface area (Å²) in [6.07, 6.45) is -0.800. The lowest BCUT2D eigenvalue weighted by Gasteiger charge is -2.01. The summed E-state index contributed by atoms with van der Waals surface area (Å²) < 4.78 is 26.1. The molecule has 2 aromatic heterocycles. The van der Waals surface area contributed by atoms with Crippen LogP contribution in [-0.4, -0.2) is 21.0 Å². The van der Waals surface area contributed by atoms with E-state index in [0.29, 0.717) is 11.2 Å². The van der Waals surface area contributed by atoms with E-state index in [1.54, 1.807) is 6.20 Å². The number of hydrogen-bond acceptors (Lipinski definition) is 2. The summed E-state index contributed by atoms with van der Waals surface area (Å²) in [4.78, 5) is 6.94. The van der Waals surface area contributed by atoms with Gasteiger partial charge in [0.05, 0.1) is 12.1 Å². The van der Waals surface area contributed by atoms with E-state index >= 15 is 0 Å². The number of imidazole rings is 1. The fraction of sp³-hybridized carbons (Fsp3) is 0.333. The fourth-order valence-corrected chi connectivity index (χ4v) is 1.73. The van der Waals surface area contributed by atoms with Crippen molar-refractivity contribution in [2.75, 3.05) is 0 Å². The van der Waals surface area contributed by atoms with Crippen LogP contribution in [0.3, 0.4) is 0 Å². The van der Waals surface area contributed by atoms with Crippen molar-refractivity contribution in [2.24, 2.45) is 0 Å². The highest BCUT2D eigenvalue weighted by atomic mass is 32.1. The number of hydrogen-bond donors (Lipinski definition) is 1. The molecule has 15 heavy (non-hydrogen) atoms. The number of nitrogens with one attached hydrogen (secondary N) is 1. The molecular formula is C9H9F2N3S. The molecule has 2 rings (SSSR count). The third-order valence-corrected chi connectivity index (χ3v) is 2.39. The van der Waals surface area contributed by atoms with Crippen LogP contribution in [0.1, 0.15) is 5.56 Å². The zero-order valence-corrected chi connectivity index (χ0v) is 8.81. The number of fused-ring (bicyclic) bond motifs is 1. The number of halogens is 2. The minimum atomic E-state index is -2.43. The summed E-state index contributed by atoms with van der Waals surface area (Å²) >= 11 is 4.95. The molecule has 2 heterocycles. The Labute approximate surface area is 89.8 Å². The first-order valence-corrected chi connectivity index (χ1v) is 4.82. The van der Waals surface area contributed by atoms with Crippen molar-refractivity contribution in [1.82, 2.24) is 14.5 Å². The highest BCUT2D eigenvalue weighted by Crippen LogP contribution is 2.14. The van der Waals surface area contributed by atoms with Gasteiger partial charge in [0.2, 0.25) is 0 Å². The third kappa shape index (κ3) is 1.90. The zero-order valence-electron chi connectivity index (χ0n) is 8.00. The minimum absolute atomic E-state index is 0.281. The molecule has 0 aromatic carbocycles. The van der Waals surface area contributed by atoms with Gasteiger partial charge in [0, 0.05) is 6.20 Å². The van der Waals surface area contributed by atoms with Crippen LogP contribution in [0.15, 0.2) is 12.3 Å². The van der Waals surface area contributed by atoms with Crippen molar-refractivity contribution in [3.8, 4) is 0 Å². The first kappa shape index (κ1) is 10.2. The van der Waals surface area contributed by atoms with E-state index < -0.39 is 13.0 Å². The maximum Gasteiger partial charge on any atom is 0.256 e. The number of rotatable bonds is 2. The van der Waals surface area contributed by atoms with Crippen LogP contribution in [0.25, 0.3) is 11.2 Å². The van der Waals surface area contributed by atoms with Crippen LogP contribution in [-0.2, 0) is 6.54 Å². The van der Waals surface area contributed by atoms with E-state index in [-0.39, 0.29) is 4.77 Å². The predicted octanol–water partition coefficient (Wildman–Crippen LogP) is 2.67. The minimum Gasteiger partial charge on any atom is -0.329 e. The molecule has 0 atom stereocenters. The number of aromatic amines is 1. The monoisotopic (exact) mass is 229 g/mol. The molecule has 2 aromatic rings. The van der Waals surface area contributed by atoms with E-state index in [0.717, 1.165) is 5.56 Å². The Morgan fingerprint density at radius 2 is 2.33 bits per heavy atom. The Hall–Kier alpha value is -1.30. The quantitative estimate of drug-likeness (QED) is 0.803. The van der Waals surface area contributed by atoms with Gasteiger partial charge in [0.15, 0.2) is 10.4 Å². The van der Waals surface area contributed by atoms with Gasteiger partial charge in [-0.3, -0.25) is 4.57 Å². The van der Waals surface area contributed by atoms with E-state index in [2.05, 4.69) is 9.97 Å². The number of alkyl halides is 2. The van der Waals surface area contributed by atoms with Crippen LogP contribution in [0.2, 0.25) is 0 Å². The molecule has 0 aliphatic rings. The molecule has 0 aliphatic heterocycles. The molecular weight excluding hydrogens is 220 g/mol. The van der Waals surface area contributed by atoms with Crippen LogP contribution in [0, 0.1) is 11.7 Å². The van der Waals surface area contributed by atoms with Gasteiger partial charge in [-0.1, -0.05) is 0 Å². The third-order valence-electron chi connectivity index (χ3n) is 2.07. The molecule has 1 N–H and O–H groups in total. The maximum atomic E-state index is 12.3. The Balaban J connectivity index is 2.63. The molecule has 6 heteroatoms. The van der Waals surface area contributed by atoms with Crippen molar-refractivity contribution >= 4 is 23.4 Å². The van der Waals surface area contributed by atoms with E-state index in [1.165, 1.54) is 4.57 Å². The highest BCUT2D eigenvalue weighted by molar-refractivity contribution is 7.71. The van der Waals surface area contributed by atoms with Crippen molar-refractivity contribution in [3.63, 3.8) is 0 Å². The van der Waals surface area contributed by atoms with E-state index in [9.17, 15) is 8.78 Å². The smallest absolute Gasteiger partial charge is 0.256 e. The van der Waals surface area contributed by atoms with Gasteiger partial charge >= 0.3 is 0 Å². The second-order valence-corrected chi connectivity index (χ2v) is 3.70. The number of pyridine rings is 1. The topological polar surface area (TPSA) is 33.6 Å². The Morgan fingerprint density at radius 1 is 1.60 bits per heavy atom. The average molecular weight is 229 g/mol. The molecule has 0 unspecified atom stereocenters.